The molecular formula is C14H20N2O5. The fraction of sp³-hybridized carbons (Fsp3) is 0.429. The summed E-state index contributed by atoms with van der Waals surface area (Å²) in [6, 6.07) is 4.26. The summed E-state index contributed by atoms with van der Waals surface area (Å²) in [6.07, 6.45) is 0.0133. The molecule has 1 rings (SSSR count). The van der Waals surface area contributed by atoms with E-state index in [4.69, 9.17) is 9.47 Å². The van der Waals surface area contributed by atoms with Crippen LogP contribution < -0.4 is 20.1 Å². The highest BCUT2D eigenvalue weighted by atomic mass is 16.5. The van der Waals surface area contributed by atoms with Crippen LogP contribution in [0.25, 0.3) is 0 Å². The molecule has 0 radical (unpaired) electrons. The number of benzene rings is 1. The lowest BCUT2D eigenvalue weighted by atomic mass is 10.0. The van der Waals surface area contributed by atoms with Crippen molar-refractivity contribution in [2.24, 2.45) is 0 Å². The summed E-state index contributed by atoms with van der Waals surface area (Å²) in [5.74, 6) is 0.660. The fourth-order valence-corrected chi connectivity index (χ4v) is 1.80. The molecule has 0 spiro atoms. The summed E-state index contributed by atoms with van der Waals surface area (Å²) in [7, 11) is 5.85. The normalized spacial score (nSPS) is 11.2. The molecule has 1 aromatic rings. The lowest BCUT2D eigenvalue weighted by Gasteiger charge is -2.19. The Morgan fingerprint density at radius 1 is 1.14 bits per heavy atom. The first-order valence-corrected chi connectivity index (χ1v) is 6.32. The average Bonchev–Trinajstić information content (AvgIpc) is 2.52. The standard InChI is InChI=1S/C14H20N2O5/c1-15-14(18)16-10(8-13(17)21-4)9-5-6-11(19-2)12(7-9)20-3/h5-7,10H,8H2,1-4H3,(H2,15,16,18)/t10-/m0/s1. The maximum atomic E-state index is 11.5. The summed E-state index contributed by atoms with van der Waals surface area (Å²) in [6.45, 7) is 0. The van der Waals surface area contributed by atoms with Gasteiger partial charge >= 0.3 is 12.0 Å². The number of urea groups is 1. The van der Waals surface area contributed by atoms with E-state index < -0.39 is 18.0 Å². The van der Waals surface area contributed by atoms with E-state index in [-0.39, 0.29) is 6.42 Å². The number of methoxy groups -OCH3 is 3. The fourth-order valence-electron chi connectivity index (χ4n) is 1.80. The van der Waals surface area contributed by atoms with Crippen molar-refractivity contribution in [3.8, 4) is 11.5 Å². The highest BCUT2D eigenvalue weighted by Crippen LogP contribution is 2.31. The molecule has 0 saturated carbocycles. The van der Waals surface area contributed by atoms with Crippen LogP contribution in [0.5, 0.6) is 11.5 Å². The van der Waals surface area contributed by atoms with E-state index in [2.05, 4.69) is 15.4 Å². The van der Waals surface area contributed by atoms with Crippen molar-refractivity contribution >= 4 is 12.0 Å². The largest absolute Gasteiger partial charge is 0.493 e. The van der Waals surface area contributed by atoms with Gasteiger partial charge in [0, 0.05) is 7.05 Å². The van der Waals surface area contributed by atoms with E-state index in [0.29, 0.717) is 17.1 Å². The van der Waals surface area contributed by atoms with Gasteiger partial charge in [0.2, 0.25) is 0 Å². The van der Waals surface area contributed by atoms with Gasteiger partial charge in [-0.05, 0) is 17.7 Å². The van der Waals surface area contributed by atoms with Gasteiger partial charge in [0.1, 0.15) is 0 Å². The molecule has 7 nitrogen and oxygen atoms in total. The molecule has 1 atom stereocenters. The van der Waals surface area contributed by atoms with Gasteiger partial charge in [0.05, 0.1) is 33.8 Å². The molecule has 0 unspecified atom stereocenters. The number of carbonyl (C=O) groups is 2. The Kier molecular flexibility index (Phi) is 6.32. The van der Waals surface area contributed by atoms with Crippen molar-refractivity contribution in [2.45, 2.75) is 12.5 Å². The molecule has 0 aliphatic rings. The smallest absolute Gasteiger partial charge is 0.315 e. The van der Waals surface area contributed by atoms with Crippen LogP contribution in [0.2, 0.25) is 0 Å². The van der Waals surface area contributed by atoms with Crippen LogP contribution in [0.1, 0.15) is 18.0 Å². The molecular weight excluding hydrogens is 276 g/mol. The van der Waals surface area contributed by atoms with Crippen molar-refractivity contribution < 1.29 is 23.8 Å². The van der Waals surface area contributed by atoms with Crippen LogP contribution in [0.3, 0.4) is 0 Å². The van der Waals surface area contributed by atoms with Crippen molar-refractivity contribution in [3.05, 3.63) is 23.8 Å². The molecule has 0 saturated heterocycles. The molecule has 21 heavy (non-hydrogen) atoms. The molecule has 0 aromatic heterocycles. The topological polar surface area (TPSA) is 85.9 Å². The second-order valence-electron chi connectivity index (χ2n) is 4.17. The summed E-state index contributed by atoms with van der Waals surface area (Å²) >= 11 is 0. The molecule has 2 amide bonds. The predicted molar refractivity (Wildman–Crippen MR) is 76.5 cm³/mol. The lowest BCUT2D eigenvalue weighted by Crippen LogP contribution is -2.36. The zero-order valence-corrected chi connectivity index (χ0v) is 12.6. The molecule has 7 heteroatoms. The average molecular weight is 296 g/mol. The number of hydrogen-bond acceptors (Lipinski definition) is 5. The Hall–Kier alpha value is -2.44. The third-order valence-corrected chi connectivity index (χ3v) is 2.94. The quantitative estimate of drug-likeness (QED) is 0.771. The van der Waals surface area contributed by atoms with Crippen molar-refractivity contribution in [1.82, 2.24) is 10.6 Å². The maximum absolute atomic E-state index is 11.5. The minimum absolute atomic E-state index is 0.0133. The van der Waals surface area contributed by atoms with Crippen molar-refractivity contribution in [3.63, 3.8) is 0 Å². The third-order valence-electron chi connectivity index (χ3n) is 2.94. The van der Waals surface area contributed by atoms with Crippen LogP contribution in [-0.2, 0) is 9.53 Å². The first-order valence-electron chi connectivity index (χ1n) is 6.32. The number of hydrogen-bond donors (Lipinski definition) is 2. The van der Waals surface area contributed by atoms with Gasteiger partial charge in [0.15, 0.2) is 11.5 Å². The summed E-state index contributed by atoms with van der Waals surface area (Å²) < 4.78 is 15.0. The van der Waals surface area contributed by atoms with Crippen LogP contribution in [0.15, 0.2) is 18.2 Å². The molecule has 0 aliphatic carbocycles. The number of esters is 1. The summed E-state index contributed by atoms with van der Waals surface area (Å²) in [5.41, 5.74) is 0.710. The minimum atomic E-state index is -0.530. The molecule has 0 aliphatic heterocycles. The maximum Gasteiger partial charge on any atom is 0.315 e. The van der Waals surface area contributed by atoms with Crippen LogP contribution >= 0.6 is 0 Å². The first kappa shape index (κ1) is 16.6. The second kappa shape index (κ2) is 7.98. The van der Waals surface area contributed by atoms with E-state index in [0.717, 1.165) is 0 Å². The Morgan fingerprint density at radius 3 is 2.33 bits per heavy atom. The zero-order chi connectivity index (χ0) is 15.8. The first-order chi connectivity index (χ1) is 10.0. The van der Waals surface area contributed by atoms with Crippen molar-refractivity contribution in [2.75, 3.05) is 28.4 Å². The van der Waals surface area contributed by atoms with Gasteiger partial charge in [0.25, 0.3) is 0 Å². The number of carbonyl (C=O) groups excluding carboxylic acids is 2. The van der Waals surface area contributed by atoms with Gasteiger partial charge < -0.3 is 24.8 Å². The number of amides is 2. The van der Waals surface area contributed by atoms with E-state index >= 15 is 0 Å². The summed E-state index contributed by atoms with van der Waals surface area (Å²) in [5, 5.41) is 5.14. The molecule has 0 fully saturated rings. The van der Waals surface area contributed by atoms with E-state index in [1.165, 1.54) is 28.4 Å². The number of ether oxygens (including phenoxy) is 3. The zero-order valence-electron chi connectivity index (χ0n) is 12.6. The van der Waals surface area contributed by atoms with Gasteiger partial charge in [-0.15, -0.1) is 0 Å². The van der Waals surface area contributed by atoms with Gasteiger partial charge in [-0.25, -0.2) is 4.79 Å². The van der Waals surface area contributed by atoms with E-state index in [1.54, 1.807) is 18.2 Å². The highest BCUT2D eigenvalue weighted by Gasteiger charge is 2.20. The molecule has 116 valence electrons. The highest BCUT2D eigenvalue weighted by molar-refractivity contribution is 5.76. The molecule has 1 aromatic carbocycles. The monoisotopic (exact) mass is 296 g/mol. The Labute approximate surface area is 123 Å². The minimum Gasteiger partial charge on any atom is -0.493 e. The Balaban J connectivity index is 3.06. The SMILES string of the molecule is CNC(=O)N[C@@H](CC(=O)OC)c1ccc(OC)c(OC)c1. The Morgan fingerprint density at radius 2 is 1.81 bits per heavy atom. The van der Waals surface area contributed by atoms with Gasteiger partial charge in [-0.3, -0.25) is 4.79 Å². The molecule has 2 N–H and O–H groups in total. The van der Waals surface area contributed by atoms with Crippen LogP contribution in [-0.4, -0.2) is 40.4 Å². The van der Waals surface area contributed by atoms with Crippen molar-refractivity contribution in [1.29, 1.82) is 0 Å². The molecule has 0 heterocycles. The summed E-state index contributed by atoms with van der Waals surface area (Å²) in [4.78, 5) is 23.0. The van der Waals surface area contributed by atoms with Gasteiger partial charge in [-0.2, -0.15) is 0 Å². The number of nitrogens with one attached hydrogen (secondary N) is 2. The second-order valence-corrected chi connectivity index (χ2v) is 4.17. The van der Waals surface area contributed by atoms with E-state index in [9.17, 15) is 9.59 Å². The molecule has 0 bridgehead atoms. The van der Waals surface area contributed by atoms with Gasteiger partial charge in [-0.1, -0.05) is 6.07 Å². The van der Waals surface area contributed by atoms with E-state index in [1.807, 2.05) is 0 Å². The third kappa shape index (κ3) is 4.55. The predicted octanol–water partition coefficient (Wildman–Crippen LogP) is 1.24. The van der Waals surface area contributed by atoms with Crippen LogP contribution in [0.4, 0.5) is 4.79 Å². The lowest BCUT2D eigenvalue weighted by molar-refractivity contribution is -0.141. The Bertz CT molecular complexity index is 486. The van der Waals surface area contributed by atoms with Crippen LogP contribution in [0, 0.1) is 0 Å². The number of rotatable bonds is 6.